The smallest absolute Gasteiger partial charge is 0.167 e. The van der Waals surface area contributed by atoms with E-state index in [1.54, 1.807) is 57.8 Å². The molecule has 1 heterocycles. The maximum atomic E-state index is 14.2. The zero-order valence-electron chi connectivity index (χ0n) is 13.6. The number of methoxy groups -OCH3 is 2. The van der Waals surface area contributed by atoms with Gasteiger partial charge in [-0.05, 0) is 24.3 Å². The molecule has 0 fully saturated rings. The fourth-order valence-electron chi connectivity index (χ4n) is 2.39. The van der Waals surface area contributed by atoms with E-state index in [0.29, 0.717) is 33.8 Å². The summed E-state index contributed by atoms with van der Waals surface area (Å²) < 4.78 is 30.5. The third-order valence-electron chi connectivity index (χ3n) is 3.65. The second-order valence-corrected chi connectivity index (χ2v) is 5.03. The van der Waals surface area contributed by atoms with Crippen molar-refractivity contribution in [2.75, 3.05) is 26.6 Å². The molecule has 0 spiro atoms. The topological polar surface area (TPSA) is 52.6 Å². The molecule has 3 rings (SSSR count). The lowest BCUT2D eigenvalue weighted by atomic mass is 10.2. The Balaban J connectivity index is 2.06. The van der Waals surface area contributed by atoms with Gasteiger partial charge >= 0.3 is 0 Å². The van der Waals surface area contributed by atoms with Crippen LogP contribution in [0.4, 0.5) is 10.1 Å². The van der Waals surface area contributed by atoms with Gasteiger partial charge in [0.15, 0.2) is 23.1 Å². The van der Waals surface area contributed by atoms with Gasteiger partial charge < -0.3 is 19.5 Å². The molecule has 0 atom stereocenters. The Kier molecular flexibility index (Phi) is 4.37. The average Bonchev–Trinajstić information content (AvgIpc) is 2.62. The van der Waals surface area contributed by atoms with Crippen molar-refractivity contribution >= 4 is 16.6 Å². The van der Waals surface area contributed by atoms with Crippen molar-refractivity contribution in [1.82, 2.24) is 4.98 Å². The van der Waals surface area contributed by atoms with Crippen LogP contribution in [0, 0.1) is 5.82 Å². The van der Waals surface area contributed by atoms with Gasteiger partial charge in [0.05, 0.1) is 19.7 Å². The molecule has 1 aromatic heterocycles. The molecule has 0 saturated heterocycles. The Morgan fingerprint density at radius 2 is 1.67 bits per heavy atom. The van der Waals surface area contributed by atoms with Gasteiger partial charge in [-0.3, -0.25) is 4.98 Å². The van der Waals surface area contributed by atoms with Crippen molar-refractivity contribution in [3.8, 4) is 23.0 Å². The predicted molar refractivity (Wildman–Crippen MR) is 90.9 cm³/mol. The Morgan fingerprint density at radius 1 is 0.917 bits per heavy atom. The molecule has 2 aromatic carbocycles. The number of anilines is 1. The number of rotatable bonds is 5. The summed E-state index contributed by atoms with van der Waals surface area (Å²) in [5.74, 6) is 1.29. The average molecular weight is 328 g/mol. The van der Waals surface area contributed by atoms with Gasteiger partial charge in [0.2, 0.25) is 0 Å². The summed E-state index contributed by atoms with van der Waals surface area (Å²) in [4.78, 5) is 4.30. The molecular weight excluding hydrogens is 311 g/mol. The molecule has 0 aliphatic heterocycles. The number of benzene rings is 2. The van der Waals surface area contributed by atoms with Crippen LogP contribution in [0.3, 0.4) is 0 Å². The Morgan fingerprint density at radius 3 is 2.33 bits per heavy atom. The lowest BCUT2D eigenvalue weighted by Gasteiger charge is -2.13. The summed E-state index contributed by atoms with van der Waals surface area (Å²) in [5.41, 5.74) is 1.34. The van der Waals surface area contributed by atoms with Crippen molar-refractivity contribution in [2.45, 2.75) is 0 Å². The van der Waals surface area contributed by atoms with E-state index in [0.717, 1.165) is 0 Å². The Hall–Kier alpha value is -3.02. The molecule has 0 bridgehead atoms. The van der Waals surface area contributed by atoms with Crippen LogP contribution in [-0.2, 0) is 0 Å². The van der Waals surface area contributed by atoms with Gasteiger partial charge in [0.1, 0.15) is 5.75 Å². The summed E-state index contributed by atoms with van der Waals surface area (Å²) in [6, 6.07) is 9.89. The van der Waals surface area contributed by atoms with Crippen molar-refractivity contribution < 1.29 is 18.6 Å². The molecule has 24 heavy (non-hydrogen) atoms. The highest BCUT2D eigenvalue weighted by molar-refractivity contribution is 5.88. The molecular formula is C18H17FN2O3. The molecule has 6 heteroatoms. The van der Waals surface area contributed by atoms with Gasteiger partial charge in [0, 0.05) is 36.5 Å². The van der Waals surface area contributed by atoms with Crippen molar-refractivity contribution in [1.29, 1.82) is 0 Å². The lowest BCUT2D eigenvalue weighted by molar-refractivity contribution is 0.355. The molecule has 0 unspecified atom stereocenters. The van der Waals surface area contributed by atoms with Crippen LogP contribution < -0.4 is 19.5 Å². The van der Waals surface area contributed by atoms with Gasteiger partial charge in [-0.2, -0.15) is 0 Å². The van der Waals surface area contributed by atoms with E-state index in [1.165, 1.54) is 6.07 Å². The number of aromatic nitrogens is 1. The Bertz CT molecular complexity index is 884. The molecule has 0 radical (unpaired) electrons. The largest absolute Gasteiger partial charge is 0.493 e. The number of hydrogen-bond acceptors (Lipinski definition) is 5. The van der Waals surface area contributed by atoms with Crippen molar-refractivity contribution in [2.24, 2.45) is 0 Å². The van der Waals surface area contributed by atoms with Crippen LogP contribution in [0.15, 0.2) is 42.6 Å². The van der Waals surface area contributed by atoms with Crippen molar-refractivity contribution in [3.63, 3.8) is 0 Å². The van der Waals surface area contributed by atoms with Gasteiger partial charge in [-0.1, -0.05) is 0 Å². The fourth-order valence-corrected chi connectivity index (χ4v) is 2.39. The molecule has 0 amide bonds. The monoisotopic (exact) mass is 328 g/mol. The van der Waals surface area contributed by atoms with E-state index >= 15 is 0 Å². The highest BCUT2D eigenvalue weighted by Crippen LogP contribution is 2.37. The standard InChI is InChI=1S/C18H17FN2O3/c1-20-11-4-5-16(13(19)8-11)24-15-6-7-21-14-10-18(23-3)17(22-2)9-12(14)15/h4-10,20H,1-3H3. The Labute approximate surface area is 139 Å². The lowest BCUT2D eigenvalue weighted by Crippen LogP contribution is -1.95. The minimum Gasteiger partial charge on any atom is -0.493 e. The van der Waals surface area contributed by atoms with E-state index in [2.05, 4.69) is 10.3 Å². The van der Waals surface area contributed by atoms with Crippen LogP contribution in [0.2, 0.25) is 0 Å². The number of nitrogens with one attached hydrogen (secondary N) is 1. The van der Waals surface area contributed by atoms with Crippen LogP contribution in [0.5, 0.6) is 23.0 Å². The summed E-state index contributed by atoms with van der Waals surface area (Å²) in [7, 11) is 4.84. The molecule has 0 aliphatic carbocycles. The summed E-state index contributed by atoms with van der Waals surface area (Å²) in [6.45, 7) is 0. The quantitative estimate of drug-likeness (QED) is 0.760. The van der Waals surface area contributed by atoms with Crippen LogP contribution in [0.25, 0.3) is 10.9 Å². The maximum absolute atomic E-state index is 14.2. The molecule has 1 N–H and O–H groups in total. The van der Waals surface area contributed by atoms with E-state index in [1.807, 2.05) is 0 Å². The number of fused-ring (bicyclic) bond motifs is 1. The first kappa shape index (κ1) is 15.9. The number of halogens is 1. The molecule has 124 valence electrons. The summed E-state index contributed by atoms with van der Waals surface area (Å²) in [5, 5.41) is 3.58. The third kappa shape index (κ3) is 2.90. The van der Waals surface area contributed by atoms with Gasteiger partial charge in [0.25, 0.3) is 0 Å². The van der Waals surface area contributed by atoms with E-state index < -0.39 is 5.82 Å². The first-order valence-corrected chi connectivity index (χ1v) is 7.32. The molecule has 0 saturated carbocycles. The van der Waals surface area contributed by atoms with E-state index in [9.17, 15) is 4.39 Å². The minimum atomic E-state index is -0.452. The number of ether oxygens (including phenoxy) is 3. The zero-order valence-corrected chi connectivity index (χ0v) is 13.6. The highest BCUT2D eigenvalue weighted by Gasteiger charge is 2.13. The van der Waals surface area contributed by atoms with E-state index in [4.69, 9.17) is 14.2 Å². The van der Waals surface area contributed by atoms with E-state index in [-0.39, 0.29) is 5.75 Å². The fraction of sp³-hybridized carbons (Fsp3) is 0.167. The molecule has 5 nitrogen and oxygen atoms in total. The number of pyridine rings is 1. The van der Waals surface area contributed by atoms with Gasteiger partial charge in [-0.15, -0.1) is 0 Å². The maximum Gasteiger partial charge on any atom is 0.167 e. The van der Waals surface area contributed by atoms with Gasteiger partial charge in [-0.25, -0.2) is 4.39 Å². The SMILES string of the molecule is CNc1ccc(Oc2ccnc3cc(OC)c(OC)cc23)c(F)c1. The second kappa shape index (κ2) is 6.62. The first-order chi connectivity index (χ1) is 11.7. The third-order valence-corrected chi connectivity index (χ3v) is 3.65. The van der Waals surface area contributed by atoms with Crippen LogP contribution in [0.1, 0.15) is 0 Å². The second-order valence-electron chi connectivity index (χ2n) is 5.03. The van der Waals surface area contributed by atoms with Crippen LogP contribution >= 0.6 is 0 Å². The predicted octanol–water partition coefficient (Wildman–Crippen LogP) is 4.23. The van der Waals surface area contributed by atoms with Crippen LogP contribution in [-0.4, -0.2) is 26.3 Å². The summed E-state index contributed by atoms with van der Waals surface area (Å²) >= 11 is 0. The molecule has 0 aliphatic rings. The normalized spacial score (nSPS) is 10.5. The number of nitrogens with zero attached hydrogens (tertiary/aromatic N) is 1. The molecule has 3 aromatic rings. The number of hydrogen-bond donors (Lipinski definition) is 1. The highest BCUT2D eigenvalue weighted by atomic mass is 19.1. The minimum absolute atomic E-state index is 0.135. The first-order valence-electron chi connectivity index (χ1n) is 7.32. The van der Waals surface area contributed by atoms with Crippen molar-refractivity contribution in [3.05, 3.63) is 48.4 Å². The summed E-state index contributed by atoms with van der Waals surface area (Å²) in [6.07, 6.45) is 1.60. The zero-order chi connectivity index (χ0) is 17.1.